The first-order valence-electron chi connectivity index (χ1n) is 13.5. The number of amides is 4. The number of aromatic nitrogens is 1. The van der Waals surface area contributed by atoms with Gasteiger partial charge in [-0.25, -0.2) is 10.3 Å². The fraction of sp³-hybridized carbons (Fsp3) is 0.414. The Bertz CT molecular complexity index is 1490. The lowest BCUT2D eigenvalue weighted by molar-refractivity contribution is -0.137. The van der Waals surface area contributed by atoms with Crippen LogP contribution in [0.3, 0.4) is 0 Å². The highest BCUT2D eigenvalue weighted by molar-refractivity contribution is 6.06. The third kappa shape index (κ3) is 5.03. The van der Waals surface area contributed by atoms with Gasteiger partial charge in [0.1, 0.15) is 12.4 Å². The molecule has 2 fully saturated rings. The number of urea groups is 1. The number of likely N-dealkylation sites (N-methyl/N-ethyl adjacent to an activating group) is 1. The van der Waals surface area contributed by atoms with E-state index < -0.39 is 11.3 Å². The Balaban J connectivity index is 0.00000337. The second-order valence-electron chi connectivity index (χ2n) is 10.9. The van der Waals surface area contributed by atoms with Gasteiger partial charge in [-0.05, 0) is 48.4 Å². The summed E-state index contributed by atoms with van der Waals surface area (Å²) in [5.41, 5.74) is 4.83. The maximum atomic E-state index is 13.6. The molecule has 4 amide bonds. The third-order valence-electron chi connectivity index (χ3n) is 8.31. The van der Waals surface area contributed by atoms with E-state index in [4.69, 9.17) is 14.7 Å². The Morgan fingerprint density at radius 1 is 1.12 bits per heavy atom. The highest BCUT2D eigenvalue weighted by Crippen LogP contribution is 2.45. The fourth-order valence-corrected chi connectivity index (χ4v) is 6.24. The van der Waals surface area contributed by atoms with Gasteiger partial charge in [0, 0.05) is 61.9 Å². The molecule has 6 rings (SSSR count). The van der Waals surface area contributed by atoms with Gasteiger partial charge in [0.25, 0.3) is 5.91 Å². The number of benzene rings is 2. The van der Waals surface area contributed by atoms with Crippen molar-refractivity contribution in [3.05, 3.63) is 64.8 Å². The van der Waals surface area contributed by atoms with Gasteiger partial charge in [0.15, 0.2) is 0 Å². The van der Waals surface area contributed by atoms with Gasteiger partial charge in [-0.1, -0.05) is 12.1 Å². The smallest absolute Gasteiger partial charge is 0.326 e. The van der Waals surface area contributed by atoms with E-state index in [1.54, 1.807) is 29.6 Å². The molecule has 12 heteroatoms. The summed E-state index contributed by atoms with van der Waals surface area (Å²) in [5, 5.41) is 9.88. The maximum Gasteiger partial charge on any atom is 0.326 e. The molecular formula is C29H34ClN5O6. The van der Waals surface area contributed by atoms with Crippen molar-refractivity contribution in [2.75, 3.05) is 53.0 Å². The number of halogens is 1. The standard InChI is InChI=1S/C29H33N5O6.ClH/c1-29-18-33(28(37)31(2)27(29)36)17-24-25(29)22-15-21(40-14-11-32-9-12-39-13-10-32)7-8-23(22)34(24)16-19-3-5-20(6-4-19)26(35)30-38;/h3-8,15,38H,9-14,16-18H2,1-2H3,(H,30,35);1H. The normalized spacial score (nSPS) is 20.6. The van der Waals surface area contributed by atoms with Crippen LogP contribution in [-0.4, -0.2) is 95.4 Å². The number of ether oxygens (including phenoxy) is 2. The quantitative estimate of drug-likeness (QED) is 0.324. The van der Waals surface area contributed by atoms with E-state index in [1.165, 1.54) is 4.90 Å². The average molecular weight is 584 g/mol. The van der Waals surface area contributed by atoms with Crippen molar-refractivity contribution in [3.8, 4) is 5.75 Å². The summed E-state index contributed by atoms with van der Waals surface area (Å²) in [4.78, 5) is 43.6. The number of fused-ring (bicyclic) bond motifs is 6. The zero-order valence-electron chi connectivity index (χ0n) is 23.1. The topological polar surface area (TPSA) is 117 Å². The van der Waals surface area contributed by atoms with Crippen molar-refractivity contribution in [3.63, 3.8) is 0 Å². The molecular weight excluding hydrogens is 550 g/mol. The molecule has 0 aliphatic carbocycles. The molecule has 3 aliphatic heterocycles. The van der Waals surface area contributed by atoms with E-state index in [9.17, 15) is 14.4 Å². The molecule has 1 aromatic heterocycles. The van der Waals surface area contributed by atoms with Gasteiger partial charge in [0.2, 0.25) is 5.91 Å². The Morgan fingerprint density at radius 2 is 1.85 bits per heavy atom. The molecule has 41 heavy (non-hydrogen) atoms. The van der Waals surface area contributed by atoms with E-state index in [0.717, 1.165) is 66.3 Å². The minimum absolute atomic E-state index is 0. The molecule has 1 unspecified atom stereocenters. The lowest BCUT2D eigenvalue weighted by Gasteiger charge is -2.47. The molecule has 3 aliphatic rings. The molecule has 2 saturated heterocycles. The number of nitrogens with zero attached hydrogens (tertiary/aromatic N) is 4. The predicted octanol–water partition coefficient (Wildman–Crippen LogP) is 2.61. The lowest BCUT2D eigenvalue weighted by Crippen LogP contribution is -2.63. The van der Waals surface area contributed by atoms with Crippen molar-refractivity contribution in [2.45, 2.75) is 25.4 Å². The summed E-state index contributed by atoms with van der Waals surface area (Å²) in [5.74, 6) is -0.0586. The summed E-state index contributed by atoms with van der Waals surface area (Å²) < 4.78 is 13.8. The van der Waals surface area contributed by atoms with Gasteiger partial charge < -0.3 is 18.9 Å². The number of morpholine rings is 1. The monoisotopic (exact) mass is 583 g/mol. The van der Waals surface area contributed by atoms with E-state index in [-0.39, 0.29) is 24.3 Å². The van der Waals surface area contributed by atoms with Crippen molar-refractivity contribution in [2.24, 2.45) is 0 Å². The summed E-state index contributed by atoms with van der Waals surface area (Å²) in [6, 6.07) is 12.7. The minimum Gasteiger partial charge on any atom is -0.492 e. The first-order chi connectivity index (χ1) is 19.3. The number of carbonyl (C=O) groups is 3. The average Bonchev–Trinajstić information content (AvgIpc) is 3.28. The Hall–Kier alpha value is -3.64. The lowest BCUT2D eigenvalue weighted by atomic mass is 9.75. The largest absolute Gasteiger partial charge is 0.492 e. The van der Waals surface area contributed by atoms with Crippen molar-refractivity contribution in [1.82, 2.24) is 24.7 Å². The second kappa shape index (κ2) is 11.3. The number of imide groups is 1. The number of hydrogen-bond acceptors (Lipinski definition) is 7. The van der Waals surface area contributed by atoms with Crippen LogP contribution in [0.2, 0.25) is 0 Å². The highest BCUT2D eigenvalue weighted by atomic mass is 35.5. The number of hydroxylamine groups is 1. The molecule has 218 valence electrons. The van der Waals surface area contributed by atoms with Crippen LogP contribution < -0.4 is 10.2 Å². The minimum atomic E-state index is -0.894. The van der Waals surface area contributed by atoms with Crippen LogP contribution in [0.1, 0.15) is 34.1 Å². The van der Waals surface area contributed by atoms with Crippen LogP contribution in [0.5, 0.6) is 5.75 Å². The van der Waals surface area contributed by atoms with Crippen LogP contribution in [-0.2, 0) is 28.0 Å². The van der Waals surface area contributed by atoms with Gasteiger partial charge in [-0.2, -0.15) is 0 Å². The van der Waals surface area contributed by atoms with Gasteiger partial charge in [-0.15, -0.1) is 12.4 Å². The molecule has 2 N–H and O–H groups in total. The molecule has 0 spiro atoms. The van der Waals surface area contributed by atoms with Crippen LogP contribution in [0.15, 0.2) is 42.5 Å². The van der Waals surface area contributed by atoms with Gasteiger partial charge >= 0.3 is 6.03 Å². The fourth-order valence-electron chi connectivity index (χ4n) is 6.24. The Labute approximate surface area is 243 Å². The maximum absolute atomic E-state index is 13.6. The van der Waals surface area contributed by atoms with E-state index in [2.05, 4.69) is 9.47 Å². The van der Waals surface area contributed by atoms with E-state index in [0.29, 0.717) is 31.8 Å². The Morgan fingerprint density at radius 3 is 2.56 bits per heavy atom. The van der Waals surface area contributed by atoms with Gasteiger partial charge in [0.05, 0.1) is 25.2 Å². The molecule has 11 nitrogen and oxygen atoms in total. The zero-order valence-corrected chi connectivity index (χ0v) is 23.9. The summed E-state index contributed by atoms with van der Waals surface area (Å²) in [6.45, 7) is 7.73. The predicted molar refractivity (Wildman–Crippen MR) is 153 cm³/mol. The van der Waals surface area contributed by atoms with E-state index in [1.807, 2.05) is 37.3 Å². The number of rotatable bonds is 7. The third-order valence-corrected chi connectivity index (χ3v) is 8.31. The SMILES string of the molecule is CN1C(=O)N2Cc3c(c4cc(OCCN5CCOCC5)ccc4n3Cc3ccc(C(=O)NO)cc3)C(C)(C2)C1=O.Cl. The molecule has 3 aromatic rings. The number of carbonyl (C=O) groups excluding carboxylic acids is 3. The number of nitrogens with one attached hydrogen (secondary N) is 1. The van der Waals surface area contributed by atoms with E-state index >= 15 is 0 Å². The molecule has 1 atom stereocenters. The summed E-state index contributed by atoms with van der Waals surface area (Å²) >= 11 is 0. The molecule has 2 bridgehead atoms. The first-order valence-corrected chi connectivity index (χ1v) is 13.5. The van der Waals surface area contributed by atoms with Crippen molar-refractivity contribution >= 4 is 41.2 Å². The summed E-state index contributed by atoms with van der Waals surface area (Å²) in [7, 11) is 1.55. The molecule has 4 heterocycles. The van der Waals surface area contributed by atoms with Crippen LogP contribution in [0.25, 0.3) is 10.9 Å². The van der Waals surface area contributed by atoms with Gasteiger partial charge in [-0.3, -0.25) is 24.6 Å². The summed E-state index contributed by atoms with van der Waals surface area (Å²) in [6.07, 6.45) is 0. The van der Waals surface area contributed by atoms with Crippen LogP contribution >= 0.6 is 12.4 Å². The second-order valence-corrected chi connectivity index (χ2v) is 10.9. The molecule has 0 saturated carbocycles. The highest BCUT2D eigenvalue weighted by Gasteiger charge is 2.53. The molecule has 0 radical (unpaired) electrons. The van der Waals surface area contributed by atoms with Crippen molar-refractivity contribution < 1.29 is 29.1 Å². The van der Waals surface area contributed by atoms with Crippen LogP contribution in [0, 0.1) is 0 Å². The Kier molecular flexibility index (Phi) is 7.97. The molecule has 2 aromatic carbocycles. The van der Waals surface area contributed by atoms with Crippen molar-refractivity contribution in [1.29, 1.82) is 0 Å². The first kappa shape index (κ1) is 28.9. The zero-order chi connectivity index (χ0) is 28.0. The van der Waals surface area contributed by atoms with Crippen LogP contribution in [0.4, 0.5) is 4.79 Å². The number of hydrogen-bond donors (Lipinski definition) is 2.